The van der Waals surface area contributed by atoms with Gasteiger partial charge in [0.1, 0.15) is 6.04 Å². The fraction of sp³-hybridized carbons (Fsp3) is 0.348. The van der Waals surface area contributed by atoms with Crippen LogP contribution in [0.2, 0.25) is 0 Å². The summed E-state index contributed by atoms with van der Waals surface area (Å²) in [5.41, 5.74) is 4.93. The maximum Gasteiger partial charge on any atom is 0.326 e. The Morgan fingerprint density at radius 1 is 1.10 bits per heavy atom. The van der Waals surface area contributed by atoms with Gasteiger partial charge in [0.05, 0.1) is 6.54 Å². The van der Waals surface area contributed by atoms with Gasteiger partial charge in [-0.1, -0.05) is 44.2 Å². The summed E-state index contributed by atoms with van der Waals surface area (Å²) < 4.78 is 0. The summed E-state index contributed by atoms with van der Waals surface area (Å²) in [5, 5.41) is 11.9. The van der Waals surface area contributed by atoms with Crippen molar-refractivity contribution in [3.05, 3.63) is 59.2 Å². The van der Waals surface area contributed by atoms with Crippen LogP contribution in [0.1, 0.15) is 48.2 Å². The third kappa shape index (κ3) is 3.18. The van der Waals surface area contributed by atoms with Crippen LogP contribution in [0, 0.1) is 0 Å². The van der Waals surface area contributed by atoms with E-state index >= 15 is 0 Å². The van der Waals surface area contributed by atoms with Crippen LogP contribution in [-0.4, -0.2) is 46.9 Å². The van der Waals surface area contributed by atoms with Gasteiger partial charge >= 0.3 is 5.97 Å². The molecular formula is C23H24N2O4. The van der Waals surface area contributed by atoms with Gasteiger partial charge in [-0.2, -0.15) is 0 Å². The van der Waals surface area contributed by atoms with Crippen molar-refractivity contribution in [1.82, 2.24) is 10.2 Å². The molecule has 1 fully saturated rings. The van der Waals surface area contributed by atoms with Crippen molar-refractivity contribution < 1.29 is 19.5 Å². The van der Waals surface area contributed by atoms with Crippen LogP contribution >= 0.6 is 0 Å². The van der Waals surface area contributed by atoms with E-state index in [0.29, 0.717) is 24.9 Å². The first-order valence-electron chi connectivity index (χ1n) is 9.85. The summed E-state index contributed by atoms with van der Waals surface area (Å²) in [4.78, 5) is 37.6. The first-order valence-corrected chi connectivity index (χ1v) is 9.85. The maximum atomic E-state index is 12.7. The van der Waals surface area contributed by atoms with Gasteiger partial charge in [0.2, 0.25) is 5.91 Å². The van der Waals surface area contributed by atoms with Crippen molar-refractivity contribution in [3.63, 3.8) is 0 Å². The molecule has 0 spiro atoms. The second-order valence-corrected chi connectivity index (χ2v) is 8.20. The number of benzene rings is 2. The number of carbonyl (C=O) groups excluding carboxylic acids is 2. The van der Waals surface area contributed by atoms with Crippen molar-refractivity contribution in [2.45, 2.75) is 38.1 Å². The van der Waals surface area contributed by atoms with Crippen LogP contribution < -0.4 is 5.32 Å². The van der Waals surface area contributed by atoms with Crippen LogP contribution in [0.5, 0.6) is 0 Å². The van der Waals surface area contributed by atoms with E-state index in [1.165, 1.54) is 16.0 Å². The molecule has 1 atom stereocenters. The minimum Gasteiger partial charge on any atom is -0.480 e. The predicted octanol–water partition coefficient (Wildman–Crippen LogP) is 2.80. The number of nitrogens with one attached hydrogen (secondary N) is 1. The Morgan fingerprint density at radius 2 is 1.83 bits per heavy atom. The molecule has 1 heterocycles. The Labute approximate surface area is 169 Å². The monoisotopic (exact) mass is 392 g/mol. The molecule has 4 rings (SSSR count). The number of amides is 2. The standard InChI is InChI=1S/C23H24N2O4/c1-23(2)17-7-4-3-6-15(17)16-12-14(9-10-18(16)23)21(27)24-13-20(26)25-11-5-8-19(25)22(28)29/h3-4,6-7,9-10,12,19H,5,8,11,13H2,1-2H3,(H,24,27)(H,28,29)/t19-/m0/s1. The number of nitrogens with zero attached hydrogens (tertiary/aromatic N) is 1. The third-order valence-electron chi connectivity index (χ3n) is 6.10. The molecule has 1 aliphatic carbocycles. The Kier molecular flexibility index (Phi) is 4.65. The zero-order valence-corrected chi connectivity index (χ0v) is 16.6. The molecule has 0 saturated carbocycles. The molecule has 6 nitrogen and oxygen atoms in total. The van der Waals surface area contributed by atoms with Crippen molar-refractivity contribution in [2.24, 2.45) is 0 Å². The molecule has 0 radical (unpaired) electrons. The van der Waals surface area contributed by atoms with Gasteiger partial charge in [0.25, 0.3) is 5.91 Å². The first-order chi connectivity index (χ1) is 13.8. The maximum absolute atomic E-state index is 12.7. The van der Waals surface area contributed by atoms with E-state index in [1.54, 1.807) is 6.07 Å². The summed E-state index contributed by atoms with van der Waals surface area (Å²) in [6.07, 6.45) is 1.12. The van der Waals surface area contributed by atoms with Crippen molar-refractivity contribution >= 4 is 17.8 Å². The van der Waals surface area contributed by atoms with Gasteiger partial charge in [-0.05, 0) is 47.2 Å². The van der Waals surface area contributed by atoms with Gasteiger partial charge in [-0.25, -0.2) is 4.79 Å². The van der Waals surface area contributed by atoms with Crippen LogP contribution in [0.15, 0.2) is 42.5 Å². The normalized spacial score (nSPS) is 18.8. The number of hydrogen-bond donors (Lipinski definition) is 2. The molecule has 0 unspecified atom stereocenters. The van der Waals surface area contributed by atoms with E-state index in [2.05, 4.69) is 31.3 Å². The highest BCUT2D eigenvalue weighted by atomic mass is 16.4. The summed E-state index contributed by atoms with van der Waals surface area (Å²) >= 11 is 0. The number of fused-ring (bicyclic) bond motifs is 3. The Bertz CT molecular complexity index is 1010. The molecule has 2 N–H and O–H groups in total. The van der Waals surface area contributed by atoms with Crippen molar-refractivity contribution in [1.29, 1.82) is 0 Å². The van der Waals surface area contributed by atoms with Crippen LogP contribution in [0.4, 0.5) is 0 Å². The lowest BCUT2D eigenvalue weighted by Gasteiger charge is -2.22. The average Bonchev–Trinajstić information content (AvgIpc) is 3.29. The minimum absolute atomic E-state index is 0.126. The predicted molar refractivity (Wildman–Crippen MR) is 109 cm³/mol. The van der Waals surface area contributed by atoms with E-state index in [9.17, 15) is 19.5 Å². The Balaban J connectivity index is 1.50. The van der Waals surface area contributed by atoms with E-state index in [1.807, 2.05) is 24.3 Å². The molecule has 29 heavy (non-hydrogen) atoms. The zero-order valence-electron chi connectivity index (χ0n) is 16.6. The number of hydrogen-bond acceptors (Lipinski definition) is 3. The van der Waals surface area contributed by atoms with E-state index < -0.39 is 12.0 Å². The highest BCUT2D eigenvalue weighted by molar-refractivity contribution is 5.99. The number of aliphatic carboxylic acids is 1. The summed E-state index contributed by atoms with van der Waals surface area (Å²) in [7, 11) is 0. The van der Waals surface area contributed by atoms with Crippen LogP contribution in [-0.2, 0) is 15.0 Å². The van der Waals surface area contributed by atoms with Gasteiger partial charge in [0.15, 0.2) is 0 Å². The van der Waals surface area contributed by atoms with Crippen LogP contribution in [0.25, 0.3) is 11.1 Å². The summed E-state index contributed by atoms with van der Waals surface area (Å²) in [6.45, 7) is 4.55. The smallest absolute Gasteiger partial charge is 0.326 e. The third-order valence-corrected chi connectivity index (χ3v) is 6.10. The topological polar surface area (TPSA) is 86.7 Å². The van der Waals surface area contributed by atoms with Gasteiger partial charge in [0, 0.05) is 17.5 Å². The van der Waals surface area contributed by atoms with Crippen molar-refractivity contribution in [2.75, 3.05) is 13.1 Å². The van der Waals surface area contributed by atoms with Crippen LogP contribution in [0.3, 0.4) is 0 Å². The molecule has 150 valence electrons. The molecule has 0 bridgehead atoms. The number of carboxylic acids is 1. The zero-order chi connectivity index (χ0) is 20.8. The molecule has 6 heteroatoms. The Morgan fingerprint density at radius 3 is 2.59 bits per heavy atom. The Hall–Kier alpha value is -3.15. The molecule has 2 aromatic rings. The molecule has 2 aliphatic rings. The molecule has 1 aliphatic heterocycles. The number of carbonyl (C=O) groups is 3. The highest BCUT2D eigenvalue weighted by Gasteiger charge is 2.36. The number of likely N-dealkylation sites (tertiary alicyclic amines) is 1. The second-order valence-electron chi connectivity index (χ2n) is 8.20. The second kappa shape index (κ2) is 7.03. The molecule has 2 aromatic carbocycles. The number of rotatable bonds is 4. The minimum atomic E-state index is -0.998. The number of carboxylic acid groups (broad SMARTS) is 1. The average molecular weight is 392 g/mol. The van der Waals surface area contributed by atoms with Gasteiger partial charge < -0.3 is 15.3 Å². The summed E-state index contributed by atoms with van der Waals surface area (Å²) in [5.74, 6) is -1.70. The molecule has 0 aromatic heterocycles. The van der Waals surface area contributed by atoms with Gasteiger partial charge in [-0.15, -0.1) is 0 Å². The highest BCUT2D eigenvalue weighted by Crippen LogP contribution is 2.48. The lowest BCUT2D eigenvalue weighted by molar-refractivity contribution is -0.147. The lowest BCUT2D eigenvalue weighted by Crippen LogP contribution is -2.45. The van der Waals surface area contributed by atoms with Gasteiger partial charge in [-0.3, -0.25) is 9.59 Å². The van der Waals surface area contributed by atoms with Crippen molar-refractivity contribution in [3.8, 4) is 11.1 Å². The fourth-order valence-corrected chi connectivity index (χ4v) is 4.54. The lowest BCUT2D eigenvalue weighted by atomic mass is 9.82. The quantitative estimate of drug-likeness (QED) is 0.838. The molecule has 2 amide bonds. The largest absolute Gasteiger partial charge is 0.480 e. The SMILES string of the molecule is CC1(C)c2ccccc2-c2cc(C(=O)NCC(=O)N3CCC[C@H]3C(=O)O)ccc21. The molecule has 1 saturated heterocycles. The first kappa shape index (κ1) is 19.2. The van der Waals surface area contributed by atoms with E-state index in [4.69, 9.17) is 0 Å². The van der Waals surface area contributed by atoms with E-state index in [-0.39, 0.29) is 23.8 Å². The van der Waals surface area contributed by atoms with E-state index in [0.717, 1.165) is 11.1 Å². The fourth-order valence-electron chi connectivity index (χ4n) is 4.54. The summed E-state index contributed by atoms with van der Waals surface area (Å²) in [6, 6.07) is 13.0. The molecular weight excluding hydrogens is 368 g/mol.